The number of hydrazone groups is 1. The lowest BCUT2D eigenvalue weighted by molar-refractivity contribution is -0.123. The van der Waals surface area contributed by atoms with Crippen LogP contribution >= 0.6 is 23.2 Å². The van der Waals surface area contributed by atoms with Crippen LogP contribution < -0.4 is 19.6 Å². The number of fused-ring (bicyclic) bond motifs is 1. The minimum atomic E-state index is -0.391. The van der Waals surface area contributed by atoms with E-state index in [1.165, 1.54) is 6.21 Å². The van der Waals surface area contributed by atoms with Crippen LogP contribution in [0.5, 0.6) is 17.2 Å². The number of ether oxygens (including phenoxy) is 3. The number of halogens is 2. The molecule has 1 aliphatic heterocycles. The molecule has 0 aliphatic carbocycles. The maximum absolute atomic E-state index is 11.8. The third-order valence-electron chi connectivity index (χ3n) is 3.35. The predicted octanol–water partition coefficient (Wildman–Crippen LogP) is 3.56. The molecule has 0 spiro atoms. The lowest BCUT2D eigenvalue weighted by atomic mass is 10.2. The van der Waals surface area contributed by atoms with Gasteiger partial charge in [-0.15, -0.1) is 0 Å². The van der Waals surface area contributed by atoms with Crippen molar-refractivity contribution in [1.82, 2.24) is 5.43 Å². The molecule has 0 radical (unpaired) electrons. The van der Waals surface area contributed by atoms with E-state index in [-0.39, 0.29) is 13.4 Å². The molecule has 0 bridgehead atoms. The van der Waals surface area contributed by atoms with Crippen LogP contribution in [0.1, 0.15) is 11.1 Å². The van der Waals surface area contributed by atoms with E-state index in [0.29, 0.717) is 32.9 Å². The average molecular weight is 381 g/mol. The summed E-state index contributed by atoms with van der Waals surface area (Å²) in [5.41, 5.74) is 3.90. The predicted molar refractivity (Wildman–Crippen MR) is 95.0 cm³/mol. The molecule has 130 valence electrons. The molecule has 0 unspecified atom stereocenters. The zero-order valence-electron chi connectivity index (χ0n) is 13.2. The first-order valence-corrected chi connectivity index (χ1v) is 8.08. The van der Waals surface area contributed by atoms with E-state index < -0.39 is 5.91 Å². The van der Waals surface area contributed by atoms with Gasteiger partial charge in [-0.3, -0.25) is 4.79 Å². The second-order valence-corrected chi connectivity index (χ2v) is 6.07. The summed E-state index contributed by atoms with van der Waals surface area (Å²) in [6.07, 6.45) is 1.46. The Bertz CT molecular complexity index is 840. The van der Waals surface area contributed by atoms with Crippen molar-refractivity contribution < 1.29 is 19.0 Å². The maximum Gasteiger partial charge on any atom is 0.277 e. The van der Waals surface area contributed by atoms with Gasteiger partial charge in [-0.25, -0.2) is 5.43 Å². The van der Waals surface area contributed by atoms with E-state index in [0.717, 1.165) is 5.56 Å². The van der Waals surface area contributed by atoms with Gasteiger partial charge in [0.25, 0.3) is 5.91 Å². The van der Waals surface area contributed by atoms with Gasteiger partial charge in [0.15, 0.2) is 18.1 Å². The molecular weight excluding hydrogens is 367 g/mol. The summed E-state index contributed by atoms with van der Waals surface area (Å²) in [4.78, 5) is 11.8. The van der Waals surface area contributed by atoms with Crippen LogP contribution in [0.4, 0.5) is 0 Å². The normalized spacial score (nSPS) is 12.4. The highest BCUT2D eigenvalue weighted by Crippen LogP contribution is 2.39. The molecule has 1 amide bonds. The van der Waals surface area contributed by atoms with Crippen LogP contribution in [0.25, 0.3) is 0 Å². The van der Waals surface area contributed by atoms with Gasteiger partial charge in [0.2, 0.25) is 6.79 Å². The van der Waals surface area contributed by atoms with E-state index in [9.17, 15) is 4.79 Å². The summed E-state index contributed by atoms with van der Waals surface area (Å²) in [5.74, 6) is 1.25. The van der Waals surface area contributed by atoms with Gasteiger partial charge < -0.3 is 14.2 Å². The maximum atomic E-state index is 11.8. The van der Waals surface area contributed by atoms with Crippen molar-refractivity contribution in [3.63, 3.8) is 0 Å². The standard InChI is InChI=1S/C17H14Cl2N2O4/c1-10-4-12(18)2-3-14(10)23-8-16(22)21-20-7-11-5-13(19)17-15(6-11)24-9-25-17/h2-7H,8-9H2,1H3,(H,21,22)/b20-7-. The number of nitrogens with one attached hydrogen (secondary N) is 1. The van der Waals surface area contributed by atoms with Crippen molar-refractivity contribution in [3.8, 4) is 17.2 Å². The summed E-state index contributed by atoms with van der Waals surface area (Å²) in [5, 5.41) is 4.91. The number of hydrogen-bond donors (Lipinski definition) is 1. The molecular formula is C17H14Cl2N2O4. The molecule has 0 atom stereocenters. The number of benzene rings is 2. The molecule has 1 heterocycles. The van der Waals surface area contributed by atoms with E-state index in [1.54, 1.807) is 30.3 Å². The zero-order valence-corrected chi connectivity index (χ0v) is 14.7. The van der Waals surface area contributed by atoms with E-state index in [4.69, 9.17) is 37.4 Å². The van der Waals surface area contributed by atoms with Gasteiger partial charge in [0, 0.05) is 5.02 Å². The second-order valence-electron chi connectivity index (χ2n) is 5.23. The Kier molecular flexibility index (Phi) is 5.31. The summed E-state index contributed by atoms with van der Waals surface area (Å²) >= 11 is 11.9. The van der Waals surface area contributed by atoms with Crippen molar-refractivity contribution in [3.05, 3.63) is 51.5 Å². The molecule has 0 saturated heterocycles. The molecule has 0 fully saturated rings. The molecule has 3 rings (SSSR count). The highest BCUT2D eigenvalue weighted by molar-refractivity contribution is 6.32. The molecule has 25 heavy (non-hydrogen) atoms. The molecule has 1 N–H and O–H groups in total. The minimum absolute atomic E-state index is 0.133. The number of amides is 1. The fourth-order valence-corrected chi connectivity index (χ4v) is 2.69. The number of carbonyl (C=O) groups is 1. The van der Waals surface area contributed by atoms with E-state index >= 15 is 0 Å². The van der Waals surface area contributed by atoms with Crippen molar-refractivity contribution >= 4 is 35.3 Å². The van der Waals surface area contributed by atoms with Gasteiger partial charge >= 0.3 is 0 Å². The number of aryl methyl sites for hydroxylation is 1. The second kappa shape index (κ2) is 7.63. The van der Waals surface area contributed by atoms with Gasteiger partial charge in [0.05, 0.1) is 11.2 Å². The van der Waals surface area contributed by atoms with Crippen LogP contribution in [0, 0.1) is 6.92 Å². The van der Waals surface area contributed by atoms with Gasteiger partial charge in [-0.2, -0.15) is 5.10 Å². The number of carbonyl (C=O) groups excluding carboxylic acids is 1. The first-order chi connectivity index (χ1) is 12.0. The Morgan fingerprint density at radius 2 is 2.16 bits per heavy atom. The van der Waals surface area contributed by atoms with Crippen LogP contribution in [0.3, 0.4) is 0 Å². The number of nitrogens with zero attached hydrogens (tertiary/aromatic N) is 1. The largest absolute Gasteiger partial charge is 0.483 e. The minimum Gasteiger partial charge on any atom is -0.483 e. The van der Waals surface area contributed by atoms with Crippen molar-refractivity contribution in [2.24, 2.45) is 5.10 Å². The first kappa shape index (κ1) is 17.4. The lowest BCUT2D eigenvalue weighted by Crippen LogP contribution is -2.24. The molecule has 8 heteroatoms. The quantitative estimate of drug-likeness (QED) is 0.635. The van der Waals surface area contributed by atoms with Crippen molar-refractivity contribution in [2.75, 3.05) is 13.4 Å². The Hall–Kier alpha value is -2.44. The molecule has 1 aliphatic rings. The summed E-state index contributed by atoms with van der Waals surface area (Å²) < 4.78 is 15.9. The van der Waals surface area contributed by atoms with Crippen molar-refractivity contribution in [2.45, 2.75) is 6.92 Å². The summed E-state index contributed by atoms with van der Waals surface area (Å²) in [6.45, 7) is 1.82. The number of rotatable bonds is 5. The highest BCUT2D eigenvalue weighted by Gasteiger charge is 2.17. The smallest absolute Gasteiger partial charge is 0.277 e. The van der Waals surface area contributed by atoms with Crippen LogP contribution in [-0.2, 0) is 4.79 Å². The molecule has 2 aromatic carbocycles. The lowest BCUT2D eigenvalue weighted by Gasteiger charge is -2.08. The van der Waals surface area contributed by atoms with Gasteiger partial charge in [-0.05, 0) is 48.4 Å². The molecule has 2 aromatic rings. The van der Waals surface area contributed by atoms with Crippen LogP contribution in [0.2, 0.25) is 10.0 Å². The summed E-state index contributed by atoms with van der Waals surface area (Å²) in [7, 11) is 0. The van der Waals surface area contributed by atoms with E-state index in [1.807, 2.05) is 6.92 Å². The van der Waals surface area contributed by atoms with Crippen LogP contribution in [0.15, 0.2) is 35.4 Å². The Morgan fingerprint density at radius 1 is 1.32 bits per heavy atom. The third-order valence-corrected chi connectivity index (χ3v) is 3.86. The monoisotopic (exact) mass is 380 g/mol. The Labute approximate surface area is 154 Å². The van der Waals surface area contributed by atoms with Crippen molar-refractivity contribution in [1.29, 1.82) is 0 Å². The van der Waals surface area contributed by atoms with Gasteiger partial charge in [0.1, 0.15) is 5.75 Å². The van der Waals surface area contributed by atoms with Crippen LogP contribution in [-0.4, -0.2) is 25.5 Å². The average Bonchev–Trinajstić information content (AvgIpc) is 3.03. The molecule has 0 saturated carbocycles. The topological polar surface area (TPSA) is 69.2 Å². The fourth-order valence-electron chi connectivity index (χ4n) is 2.19. The zero-order chi connectivity index (χ0) is 17.8. The van der Waals surface area contributed by atoms with E-state index in [2.05, 4.69) is 10.5 Å². The Morgan fingerprint density at radius 3 is 2.96 bits per heavy atom. The Balaban J connectivity index is 1.54. The fraction of sp³-hybridized carbons (Fsp3) is 0.176. The SMILES string of the molecule is Cc1cc(Cl)ccc1OCC(=O)N/N=C\c1cc(Cl)c2c(c1)OCO2. The molecule has 0 aromatic heterocycles. The molecule has 6 nitrogen and oxygen atoms in total. The number of hydrogen-bond acceptors (Lipinski definition) is 5. The first-order valence-electron chi connectivity index (χ1n) is 7.33. The van der Waals surface area contributed by atoms with Gasteiger partial charge in [-0.1, -0.05) is 23.2 Å². The highest BCUT2D eigenvalue weighted by atomic mass is 35.5. The summed E-state index contributed by atoms with van der Waals surface area (Å²) in [6, 6.07) is 8.55. The third kappa shape index (κ3) is 4.35.